The number of hydrogen-bond donors (Lipinski definition) is 2. The summed E-state index contributed by atoms with van der Waals surface area (Å²) in [5, 5.41) is 0. The van der Waals surface area contributed by atoms with E-state index in [4.69, 9.17) is 10.5 Å². The lowest BCUT2D eigenvalue weighted by molar-refractivity contribution is 0.186. The van der Waals surface area contributed by atoms with Crippen LogP contribution < -0.4 is 20.9 Å². The molecule has 2 heterocycles. The normalized spacial score (nSPS) is 21.8. The van der Waals surface area contributed by atoms with E-state index in [0.717, 1.165) is 38.1 Å². The van der Waals surface area contributed by atoms with E-state index in [-0.39, 0.29) is 17.0 Å². The van der Waals surface area contributed by atoms with Crippen molar-refractivity contribution in [3.05, 3.63) is 52.1 Å². The van der Waals surface area contributed by atoms with Gasteiger partial charge in [-0.2, -0.15) is 0 Å². The maximum absolute atomic E-state index is 11.9. The average molecular weight is 325 g/mol. The molecule has 1 aliphatic heterocycles. The van der Waals surface area contributed by atoms with E-state index in [2.05, 4.69) is 22.2 Å². The molecule has 0 amide bonds. The molecular formula is C18H21N4O2. The average Bonchev–Trinajstić information content (AvgIpc) is 2.89. The molecule has 1 spiro atoms. The second kappa shape index (κ2) is 5.63. The Kier molecular flexibility index (Phi) is 3.57. The van der Waals surface area contributed by atoms with Gasteiger partial charge in [-0.15, -0.1) is 0 Å². The minimum Gasteiger partial charge on any atom is -0.496 e. The fourth-order valence-corrected chi connectivity index (χ4v) is 4.23. The summed E-state index contributed by atoms with van der Waals surface area (Å²) in [6.45, 7) is 1.56. The van der Waals surface area contributed by atoms with Gasteiger partial charge in [0.1, 0.15) is 5.75 Å². The van der Waals surface area contributed by atoms with Crippen LogP contribution in [0, 0.1) is 11.6 Å². The van der Waals surface area contributed by atoms with Crippen LogP contribution in [0.1, 0.15) is 30.0 Å². The number of nitrogens with two attached hydrogens (primary N) is 1. The van der Waals surface area contributed by atoms with Crippen molar-refractivity contribution in [1.29, 1.82) is 0 Å². The number of nitrogens with one attached hydrogen (secondary N) is 1. The first-order valence-corrected chi connectivity index (χ1v) is 8.26. The summed E-state index contributed by atoms with van der Waals surface area (Å²) in [6, 6.07) is 6.14. The number of nitrogens with zero attached hydrogens (tertiary/aromatic N) is 2. The zero-order chi connectivity index (χ0) is 16.7. The van der Waals surface area contributed by atoms with E-state index >= 15 is 0 Å². The van der Waals surface area contributed by atoms with E-state index < -0.39 is 0 Å². The molecular weight excluding hydrogens is 304 g/mol. The Bertz CT molecular complexity index is 809. The van der Waals surface area contributed by atoms with Crippen molar-refractivity contribution in [1.82, 2.24) is 9.97 Å². The SMILES string of the molecule is COc1cccc2c1CC1(CCN(c3nc[c][nH]c3=O)CC1)[C@@H]2N. The van der Waals surface area contributed by atoms with Crippen LogP contribution in [0.3, 0.4) is 0 Å². The first-order valence-electron chi connectivity index (χ1n) is 8.26. The third-order valence-electron chi connectivity index (χ3n) is 5.61. The predicted molar refractivity (Wildman–Crippen MR) is 91.2 cm³/mol. The van der Waals surface area contributed by atoms with Gasteiger partial charge in [0.15, 0.2) is 5.82 Å². The number of hydrogen-bond acceptors (Lipinski definition) is 5. The fraction of sp³-hybridized carbons (Fsp3) is 0.444. The van der Waals surface area contributed by atoms with Crippen molar-refractivity contribution >= 4 is 5.82 Å². The van der Waals surface area contributed by atoms with Crippen LogP contribution in [0.25, 0.3) is 0 Å². The van der Waals surface area contributed by atoms with Gasteiger partial charge >= 0.3 is 0 Å². The molecule has 3 N–H and O–H groups in total. The summed E-state index contributed by atoms with van der Waals surface area (Å²) in [5.74, 6) is 1.41. The molecule has 4 rings (SSSR count). The highest BCUT2D eigenvalue weighted by Crippen LogP contribution is 2.52. The number of H-pyrrole nitrogens is 1. The highest BCUT2D eigenvalue weighted by molar-refractivity contribution is 5.48. The summed E-state index contributed by atoms with van der Waals surface area (Å²) in [4.78, 5) is 20.7. The number of aromatic nitrogens is 2. The van der Waals surface area contributed by atoms with E-state index in [1.165, 1.54) is 17.3 Å². The molecule has 1 atom stereocenters. The minimum atomic E-state index is -0.186. The molecule has 1 aliphatic carbocycles. The van der Waals surface area contributed by atoms with Gasteiger partial charge in [-0.1, -0.05) is 12.1 Å². The zero-order valence-corrected chi connectivity index (χ0v) is 13.7. The highest BCUT2D eigenvalue weighted by Gasteiger charge is 2.47. The lowest BCUT2D eigenvalue weighted by Gasteiger charge is -2.42. The molecule has 2 aromatic rings. The molecule has 0 saturated carbocycles. The predicted octanol–water partition coefficient (Wildman–Crippen LogP) is 1.42. The summed E-state index contributed by atoms with van der Waals surface area (Å²) in [5.41, 5.74) is 8.93. The van der Waals surface area contributed by atoms with Gasteiger partial charge in [0, 0.05) is 19.1 Å². The van der Waals surface area contributed by atoms with E-state index in [9.17, 15) is 4.79 Å². The van der Waals surface area contributed by atoms with Gasteiger partial charge in [0.2, 0.25) is 0 Å². The molecule has 24 heavy (non-hydrogen) atoms. The topological polar surface area (TPSA) is 84.2 Å². The van der Waals surface area contributed by atoms with Gasteiger partial charge in [0.05, 0.1) is 19.5 Å². The highest BCUT2D eigenvalue weighted by atomic mass is 16.5. The van der Waals surface area contributed by atoms with Gasteiger partial charge in [-0.3, -0.25) is 4.79 Å². The molecule has 2 aliphatic rings. The Morgan fingerprint density at radius 3 is 2.92 bits per heavy atom. The van der Waals surface area contributed by atoms with Crippen molar-refractivity contribution in [2.75, 3.05) is 25.1 Å². The number of methoxy groups -OCH3 is 1. The van der Waals surface area contributed by atoms with E-state index in [1.807, 2.05) is 17.0 Å². The van der Waals surface area contributed by atoms with Crippen molar-refractivity contribution < 1.29 is 4.74 Å². The number of rotatable bonds is 2. The van der Waals surface area contributed by atoms with Crippen molar-refractivity contribution in [2.45, 2.75) is 25.3 Å². The van der Waals surface area contributed by atoms with Crippen molar-refractivity contribution in [3.8, 4) is 5.75 Å². The quantitative estimate of drug-likeness (QED) is 0.872. The lowest BCUT2D eigenvalue weighted by Crippen LogP contribution is -2.46. The standard InChI is InChI=1S/C18H21N4O2/c1-24-14-4-2-3-12-13(14)11-18(15(12)19)5-9-22(10-6-18)16-17(23)21-8-7-20-16/h2-4,7,15H,5-6,9-11,19H2,1H3,(H,21,23)/t15-/m1/s1. The maximum Gasteiger partial charge on any atom is 0.291 e. The smallest absolute Gasteiger partial charge is 0.291 e. The number of aromatic amines is 1. The molecule has 1 fully saturated rings. The third kappa shape index (κ3) is 2.21. The van der Waals surface area contributed by atoms with Crippen LogP contribution in [0.15, 0.2) is 29.2 Å². The number of piperidine rings is 1. The summed E-state index contributed by atoms with van der Waals surface area (Å²) in [7, 11) is 1.71. The van der Waals surface area contributed by atoms with Gasteiger partial charge in [-0.05, 0) is 41.9 Å². The van der Waals surface area contributed by atoms with Crippen molar-refractivity contribution in [3.63, 3.8) is 0 Å². The number of benzene rings is 1. The largest absolute Gasteiger partial charge is 0.496 e. The van der Waals surface area contributed by atoms with Crippen LogP contribution in [-0.4, -0.2) is 30.2 Å². The Morgan fingerprint density at radius 1 is 1.42 bits per heavy atom. The molecule has 1 aromatic carbocycles. The van der Waals surface area contributed by atoms with Crippen LogP contribution in [-0.2, 0) is 6.42 Å². The molecule has 125 valence electrons. The monoisotopic (exact) mass is 325 g/mol. The Balaban J connectivity index is 1.58. The number of ether oxygens (including phenoxy) is 1. The first-order chi connectivity index (χ1) is 11.6. The molecule has 6 nitrogen and oxygen atoms in total. The second-order valence-electron chi connectivity index (χ2n) is 6.71. The molecule has 1 radical (unpaired) electrons. The van der Waals surface area contributed by atoms with Crippen LogP contribution in [0.2, 0.25) is 0 Å². The molecule has 1 saturated heterocycles. The Hall–Kier alpha value is -2.34. The zero-order valence-electron chi connectivity index (χ0n) is 13.7. The molecule has 0 unspecified atom stereocenters. The third-order valence-corrected chi connectivity index (χ3v) is 5.61. The minimum absolute atomic E-state index is 0.0140. The van der Waals surface area contributed by atoms with E-state index in [0.29, 0.717) is 5.82 Å². The van der Waals surface area contributed by atoms with Crippen LogP contribution in [0.4, 0.5) is 5.82 Å². The molecule has 0 bridgehead atoms. The molecule has 6 heteroatoms. The Morgan fingerprint density at radius 2 is 2.21 bits per heavy atom. The molecule has 1 aromatic heterocycles. The summed E-state index contributed by atoms with van der Waals surface area (Å²) >= 11 is 0. The van der Waals surface area contributed by atoms with Crippen LogP contribution in [0.5, 0.6) is 5.75 Å². The van der Waals surface area contributed by atoms with Gasteiger partial charge in [0.25, 0.3) is 5.56 Å². The maximum atomic E-state index is 11.9. The van der Waals surface area contributed by atoms with Gasteiger partial charge < -0.3 is 20.4 Å². The Labute approximate surface area is 140 Å². The van der Waals surface area contributed by atoms with Gasteiger partial charge in [-0.25, -0.2) is 4.98 Å². The summed E-state index contributed by atoms with van der Waals surface area (Å²) < 4.78 is 5.52. The number of fused-ring (bicyclic) bond motifs is 1. The summed E-state index contributed by atoms with van der Waals surface area (Å²) in [6.07, 6.45) is 6.92. The number of anilines is 1. The van der Waals surface area contributed by atoms with E-state index in [1.54, 1.807) is 7.11 Å². The van der Waals surface area contributed by atoms with Crippen molar-refractivity contribution in [2.24, 2.45) is 11.1 Å². The second-order valence-corrected chi connectivity index (χ2v) is 6.71. The fourth-order valence-electron chi connectivity index (χ4n) is 4.23. The first kappa shape index (κ1) is 15.2. The lowest BCUT2D eigenvalue weighted by atomic mass is 9.73. The van der Waals surface area contributed by atoms with Crippen LogP contribution >= 0.6 is 0 Å².